The highest BCUT2D eigenvalue weighted by Gasteiger charge is 2.18. The summed E-state index contributed by atoms with van der Waals surface area (Å²) in [4.78, 5) is 12.2. The van der Waals surface area contributed by atoms with Crippen LogP contribution in [0.4, 0.5) is 5.69 Å². The second-order valence-electron chi connectivity index (χ2n) is 6.40. The fourth-order valence-corrected chi connectivity index (χ4v) is 3.54. The molecular weight excluding hydrogens is 433 g/mol. The third-order valence-electron chi connectivity index (χ3n) is 3.95. The number of nitrogens with one attached hydrogen (secondary N) is 1. The predicted octanol–water partition coefficient (Wildman–Crippen LogP) is 5.86. The predicted molar refractivity (Wildman–Crippen MR) is 115 cm³/mol. The fraction of sp³-hybridized carbons (Fsp3) is 0.250. The molecule has 0 radical (unpaired) electrons. The lowest BCUT2D eigenvalue weighted by molar-refractivity contribution is -0.113. The maximum absolute atomic E-state index is 12.2. The van der Waals surface area contributed by atoms with E-state index in [4.69, 9.17) is 32.4 Å². The number of carbonyl (C=O) groups is 1. The van der Waals surface area contributed by atoms with Gasteiger partial charge in [0.25, 0.3) is 11.1 Å². The highest BCUT2D eigenvalue weighted by atomic mass is 35.5. The lowest BCUT2D eigenvalue weighted by atomic mass is 10.1. The molecule has 1 aromatic heterocycles. The molecule has 3 aromatic rings. The van der Waals surface area contributed by atoms with Gasteiger partial charge in [-0.25, -0.2) is 0 Å². The lowest BCUT2D eigenvalue weighted by Crippen LogP contribution is -2.14. The Morgan fingerprint density at radius 3 is 2.72 bits per heavy atom. The molecule has 1 heterocycles. The van der Waals surface area contributed by atoms with Crippen LogP contribution in [0.3, 0.4) is 0 Å². The van der Waals surface area contributed by atoms with E-state index in [2.05, 4.69) is 15.5 Å². The van der Waals surface area contributed by atoms with Gasteiger partial charge in [0.2, 0.25) is 5.91 Å². The summed E-state index contributed by atoms with van der Waals surface area (Å²) in [5.74, 6) is 0.740. The van der Waals surface area contributed by atoms with E-state index in [1.54, 1.807) is 25.1 Å². The minimum atomic E-state index is -0.514. The zero-order chi connectivity index (χ0) is 21.0. The van der Waals surface area contributed by atoms with Crippen LogP contribution < -0.4 is 10.1 Å². The maximum atomic E-state index is 12.2. The van der Waals surface area contributed by atoms with Crippen molar-refractivity contribution in [1.29, 1.82) is 0 Å². The van der Waals surface area contributed by atoms with Gasteiger partial charge in [-0.1, -0.05) is 52.7 Å². The second-order valence-corrected chi connectivity index (χ2v) is 8.17. The highest BCUT2D eigenvalue weighted by Crippen LogP contribution is 2.31. The van der Waals surface area contributed by atoms with Crippen molar-refractivity contribution in [2.75, 3.05) is 11.1 Å². The number of anilines is 1. The first-order valence-electron chi connectivity index (χ1n) is 8.77. The normalized spacial score (nSPS) is 11.9. The third kappa shape index (κ3) is 5.88. The van der Waals surface area contributed by atoms with Gasteiger partial charge in [-0.05, 0) is 50.6 Å². The number of aromatic nitrogens is 2. The molecule has 0 fully saturated rings. The Morgan fingerprint density at radius 2 is 2.00 bits per heavy atom. The highest BCUT2D eigenvalue weighted by molar-refractivity contribution is 7.99. The van der Waals surface area contributed by atoms with Gasteiger partial charge < -0.3 is 14.5 Å². The number of thioether (sulfide) groups is 1. The Labute approximate surface area is 182 Å². The van der Waals surface area contributed by atoms with Crippen LogP contribution in [-0.2, 0) is 4.79 Å². The van der Waals surface area contributed by atoms with E-state index >= 15 is 0 Å². The van der Waals surface area contributed by atoms with Gasteiger partial charge in [0.1, 0.15) is 5.75 Å². The van der Waals surface area contributed by atoms with Crippen molar-refractivity contribution < 1.29 is 13.9 Å². The van der Waals surface area contributed by atoms with Gasteiger partial charge >= 0.3 is 0 Å². The zero-order valence-corrected chi connectivity index (χ0v) is 18.4. The number of rotatable bonds is 7. The summed E-state index contributed by atoms with van der Waals surface area (Å²) in [6.45, 7) is 5.72. The monoisotopic (exact) mass is 451 g/mol. The van der Waals surface area contributed by atoms with E-state index in [0.717, 1.165) is 28.6 Å². The molecule has 0 saturated carbocycles. The largest absolute Gasteiger partial charge is 0.479 e. The molecule has 152 valence electrons. The van der Waals surface area contributed by atoms with Crippen LogP contribution in [0.25, 0.3) is 0 Å². The number of aryl methyl sites for hydroxylation is 2. The molecule has 0 saturated heterocycles. The summed E-state index contributed by atoms with van der Waals surface area (Å²) in [7, 11) is 0. The number of carbonyl (C=O) groups excluding carboxylic acids is 1. The fourth-order valence-electron chi connectivity index (χ4n) is 2.52. The summed E-state index contributed by atoms with van der Waals surface area (Å²) in [5.41, 5.74) is 2.94. The van der Waals surface area contributed by atoms with Crippen LogP contribution in [0, 0.1) is 13.8 Å². The Kier molecular flexibility index (Phi) is 7.05. The summed E-state index contributed by atoms with van der Waals surface area (Å²) in [6.07, 6.45) is -0.514. The number of amides is 1. The van der Waals surface area contributed by atoms with Crippen LogP contribution in [0.1, 0.15) is 30.0 Å². The Hall–Kier alpha value is -2.22. The number of ether oxygens (including phenoxy) is 1. The van der Waals surface area contributed by atoms with E-state index < -0.39 is 6.10 Å². The zero-order valence-electron chi connectivity index (χ0n) is 16.0. The molecular formula is C20H19Cl2N3O3S. The number of nitrogens with zero attached hydrogens (tertiary/aromatic N) is 2. The molecule has 29 heavy (non-hydrogen) atoms. The number of hydrogen-bond donors (Lipinski definition) is 1. The molecule has 3 rings (SSSR count). The molecule has 6 nitrogen and oxygen atoms in total. The van der Waals surface area contributed by atoms with Gasteiger partial charge in [-0.2, -0.15) is 0 Å². The van der Waals surface area contributed by atoms with Crippen molar-refractivity contribution in [3.05, 3.63) is 63.5 Å². The van der Waals surface area contributed by atoms with Crippen molar-refractivity contribution in [3.63, 3.8) is 0 Å². The molecule has 0 spiro atoms. The quantitative estimate of drug-likeness (QED) is 0.452. The van der Waals surface area contributed by atoms with Crippen molar-refractivity contribution in [3.8, 4) is 5.75 Å². The minimum absolute atomic E-state index is 0.146. The molecule has 0 bridgehead atoms. The Balaban J connectivity index is 1.54. The molecule has 9 heteroatoms. The SMILES string of the molecule is Cc1ccc(NC(=O)CSc2nnc([C@H](C)Oc3ccc(Cl)cc3Cl)o2)c(C)c1. The van der Waals surface area contributed by atoms with Crippen LogP contribution in [0.5, 0.6) is 5.75 Å². The molecule has 0 unspecified atom stereocenters. The molecule has 1 N–H and O–H groups in total. The van der Waals surface area contributed by atoms with E-state index in [9.17, 15) is 4.79 Å². The first-order valence-corrected chi connectivity index (χ1v) is 10.5. The summed E-state index contributed by atoms with van der Waals surface area (Å²) < 4.78 is 11.3. The summed E-state index contributed by atoms with van der Waals surface area (Å²) >= 11 is 13.2. The molecule has 0 aliphatic carbocycles. The average molecular weight is 452 g/mol. The maximum Gasteiger partial charge on any atom is 0.277 e. The van der Waals surface area contributed by atoms with Crippen LogP contribution in [0.2, 0.25) is 10.0 Å². The van der Waals surface area contributed by atoms with Crippen LogP contribution in [0.15, 0.2) is 46.0 Å². The molecule has 2 aromatic carbocycles. The number of hydrogen-bond acceptors (Lipinski definition) is 6. The average Bonchev–Trinajstić information content (AvgIpc) is 3.14. The Bertz CT molecular complexity index is 1030. The second kappa shape index (κ2) is 9.52. The van der Waals surface area contributed by atoms with Crippen molar-refractivity contribution in [2.24, 2.45) is 0 Å². The Morgan fingerprint density at radius 1 is 1.21 bits per heavy atom. The van der Waals surface area contributed by atoms with Gasteiger partial charge in [0.15, 0.2) is 6.10 Å². The molecule has 0 aliphatic heterocycles. The standard InChI is InChI=1S/C20H19Cl2N3O3S/c1-11-4-6-16(12(2)8-11)23-18(26)10-29-20-25-24-19(28-20)13(3)27-17-7-5-14(21)9-15(17)22/h4-9,13H,10H2,1-3H3,(H,23,26)/t13-/m0/s1. The van der Waals surface area contributed by atoms with Crippen molar-refractivity contribution in [2.45, 2.75) is 32.1 Å². The van der Waals surface area contributed by atoms with Gasteiger partial charge in [0.05, 0.1) is 10.8 Å². The number of benzene rings is 2. The van der Waals surface area contributed by atoms with Gasteiger partial charge in [-0.3, -0.25) is 4.79 Å². The van der Waals surface area contributed by atoms with E-state index in [0.29, 0.717) is 15.8 Å². The molecule has 1 amide bonds. The smallest absolute Gasteiger partial charge is 0.277 e. The minimum Gasteiger partial charge on any atom is -0.479 e. The number of halogens is 2. The topological polar surface area (TPSA) is 77.2 Å². The third-order valence-corrected chi connectivity index (χ3v) is 5.30. The van der Waals surface area contributed by atoms with Crippen LogP contribution in [-0.4, -0.2) is 21.9 Å². The molecule has 1 atom stereocenters. The summed E-state index contributed by atoms with van der Waals surface area (Å²) in [5, 5.41) is 12.0. The van der Waals surface area contributed by atoms with E-state index in [1.807, 2.05) is 32.0 Å². The first kappa shape index (κ1) is 21.5. The van der Waals surface area contributed by atoms with E-state index in [-0.39, 0.29) is 22.8 Å². The van der Waals surface area contributed by atoms with E-state index in [1.165, 1.54) is 0 Å². The van der Waals surface area contributed by atoms with Gasteiger partial charge in [0, 0.05) is 10.7 Å². The first-order chi connectivity index (χ1) is 13.8. The van der Waals surface area contributed by atoms with Crippen molar-refractivity contribution in [1.82, 2.24) is 10.2 Å². The van der Waals surface area contributed by atoms with Crippen LogP contribution >= 0.6 is 35.0 Å². The summed E-state index contributed by atoms with van der Waals surface area (Å²) in [6, 6.07) is 10.8. The van der Waals surface area contributed by atoms with Gasteiger partial charge in [-0.15, -0.1) is 10.2 Å². The van der Waals surface area contributed by atoms with Crippen molar-refractivity contribution >= 4 is 46.6 Å². The lowest BCUT2D eigenvalue weighted by Gasteiger charge is -2.12. The molecule has 0 aliphatic rings.